The first kappa shape index (κ1) is 16.1. The van der Waals surface area contributed by atoms with Gasteiger partial charge in [0, 0.05) is 24.3 Å². The number of hydrogen-bond donors (Lipinski definition) is 0. The van der Waals surface area contributed by atoms with E-state index in [0.717, 1.165) is 38.5 Å². The maximum Gasteiger partial charge on any atom is 0.336 e. The lowest BCUT2D eigenvalue weighted by Gasteiger charge is -2.05. The minimum Gasteiger partial charge on any atom is -0.423 e. The summed E-state index contributed by atoms with van der Waals surface area (Å²) in [5.74, 6) is 1.40. The van der Waals surface area contributed by atoms with Gasteiger partial charge in [-0.2, -0.15) is 0 Å². The van der Waals surface area contributed by atoms with Crippen molar-refractivity contribution in [2.45, 2.75) is 17.8 Å². The van der Waals surface area contributed by atoms with Crippen LogP contribution in [-0.4, -0.2) is 19.2 Å². The van der Waals surface area contributed by atoms with E-state index in [1.165, 1.54) is 0 Å². The van der Waals surface area contributed by atoms with Crippen LogP contribution >= 0.6 is 11.8 Å². The van der Waals surface area contributed by atoms with Crippen molar-refractivity contribution in [3.63, 3.8) is 0 Å². The molecule has 0 aliphatic carbocycles. The quantitative estimate of drug-likeness (QED) is 0.353. The summed E-state index contributed by atoms with van der Waals surface area (Å²) in [4.78, 5) is 12.0. The number of nitrogens with zero attached hydrogens (tertiary/aromatic N) is 4. The first-order valence-corrected chi connectivity index (χ1v) is 9.55. The van der Waals surface area contributed by atoms with E-state index in [1.807, 2.05) is 48.9 Å². The second kappa shape index (κ2) is 5.99. The Labute approximate surface area is 158 Å². The van der Waals surface area contributed by atoms with E-state index in [4.69, 9.17) is 4.42 Å². The summed E-state index contributed by atoms with van der Waals surface area (Å²) in [5, 5.41) is 10.4. The van der Waals surface area contributed by atoms with E-state index < -0.39 is 0 Å². The summed E-state index contributed by atoms with van der Waals surface area (Å²) >= 11 is 1.56. The van der Waals surface area contributed by atoms with Gasteiger partial charge in [0.15, 0.2) is 5.16 Å². The van der Waals surface area contributed by atoms with Crippen LogP contribution in [0, 0.1) is 6.92 Å². The number of imidazole rings is 1. The van der Waals surface area contributed by atoms with Gasteiger partial charge >= 0.3 is 5.63 Å². The normalized spacial score (nSPS) is 11.8. The van der Waals surface area contributed by atoms with Crippen LogP contribution in [0.5, 0.6) is 0 Å². The lowest BCUT2D eigenvalue weighted by Crippen LogP contribution is -2.00. The Bertz CT molecular complexity index is 1380. The van der Waals surface area contributed by atoms with Crippen LogP contribution in [0.4, 0.5) is 0 Å². The maximum atomic E-state index is 12.0. The summed E-state index contributed by atoms with van der Waals surface area (Å²) < 4.78 is 9.43. The molecular formula is C20H16N4O2S. The second-order valence-electron chi connectivity index (χ2n) is 6.54. The van der Waals surface area contributed by atoms with Crippen molar-refractivity contribution < 1.29 is 4.42 Å². The number of benzene rings is 2. The van der Waals surface area contributed by atoms with Crippen LogP contribution in [0.3, 0.4) is 0 Å². The van der Waals surface area contributed by atoms with Gasteiger partial charge in [-0.25, -0.2) is 4.79 Å². The minimum atomic E-state index is -0.333. The molecule has 0 aliphatic heterocycles. The molecule has 2 aromatic carbocycles. The number of thioether (sulfide) groups is 1. The molecule has 27 heavy (non-hydrogen) atoms. The molecule has 0 saturated heterocycles. The summed E-state index contributed by atoms with van der Waals surface area (Å²) in [6, 6.07) is 15.6. The van der Waals surface area contributed by atoms with Crippen LogP contribution in [0.15, 0.2) is 62.9 Å². The number of aromatic nitrogens is 4. The summed E-state index contributed by atoms with van der Waals surface area (Å²) in [6.07, 6.45) is 0. The largest absolute Gasteiger partial charge is 0.423 e. The monoisotopic (exact) mass is 376 g/mol. The fourth-order valence-electron chi connectivity index (χ4n) is 3.43. The lowest BCUT2D eigenvalue weighted by atomic mass is 10.1. The van der Waals surface area contributed by atoms with Gasteiger partial charge in [-0.05, 0) is 36.2 Å². The van der Waals surface area contributed by atoms with Crippen LogP contribution in [0.25, 0.3) is 27.8 Å². The third kappa shape index (κ3) is 2.54. The summed E-state index contributed by atoms with van der Waals surface area (Å²) in [7, 11) is 1.99. The first-order valence-electron chi connectivity index (χ1n) is 8.56. The topological polar surface area (TPSA) is 65.3 Å². The number of para-hydroxylation sites is 2. The van der Waals surface area contributed by atoms with Crippen molar-refractivity contribution in [1.29, 1.82) is 0 Å². The Morgan fingerprint density at radius 1 is 1.07 bits per heavy atom. The van der Waals surface area contributed by atoms with E-state index in [2.05, 4.69) is 26.7 Å². The molecule has 0 spiro atoms. The van der Waals surface area contributed by atoms with Gasteiger partial charge in [-0.15, -0.1) is 10.2 Å². The zero-order valence-corrected chi connectivity index (χ0v) is 15.7. The van der Waals surface area contributed by atoms with Gasteiger partial charge in [0.1, 0.15) is 5.58 Å². The zero-order valence-electron chi connectivity index (χ0n) is 14.8. The summed E-state index contributed by atoms with van der Waals surface area (Å²) in [6.45, 7) is 1.98. The molecule has 0 atom stereocenters. The molecule has 0 saturated carbocycles. The Morgan fingerprint density at radius 3 is 2.74 bits per heavy atom. The number of rotatable bonds is 3. The molecule has 0 amide bonds. The molecule has 0 bridgehead atoms. The molecule has 0 radical (unpaired) electrons. The molecule has 134 valence electrons. The van der Waals surface area contributed by atoms with E-state index >= 15 is 0 Å². The predicted octanol–water partition coefficient (Wildman–Crippen LogP) is 3.93. The fourth-order valence-corrected chi connectivity index (χ4v) is 4.36. The molecule has 5 aromatic rings. The van der Waals surface area contributed by atoms with Gasteiger partial charge in [0.25, 0.3) is 0 Å². The van der Waals surface area contributed by atoms with Crippen molar-refractivity contribution in [2.24, 2.45) is 7.05 Å². The van der Waals surface area contributed by atoms with Gasteiger partial charge in [-0.1, -0.05) is 36.0 Å². The third-order valence-corrected chi connectivity index (χ3v) is 5.72. The van der Waals surface area contributed by atoms with E-state index in [0.29, 0.717) is 11.3 Å². The van der Waals surface area contributed by atoms with Crippen molar-refractivity contribution in [2.75, 3.05) is 0 Å². The highest BCUT2D eigenvalue weighted by molar-refractivity contribution is 7.98. The molecule has 7 heteroatoms. The highest BCUT2D eigenvalue weighted by Crippen LogP contribution is 2.29. The average Bonchev–Trinajstić information content (AvgIpc) is 3.19. The maximum absolute atomic E-state index is 12.0. The van der Waals surface area contributed by atoms with Crippen molar-refractivity contribution in [1.82, 2.24) is 19.2 Å². The molecule has 6 nitrogen and oxygen atoms in total. The van der Waals surface area contributed by atoms with Crippen LogP contribution < -0.4 is 5.63 Å². The number of aryl methyl sites for hydroxylation is 2. The number of hydrogen-bond acceptors (Lipinski definition) is 5. The molecular weight excluding hydrogens is 360 g/mol. The molecule has 3 aromatic heterocycles. The minimum absolute atomic E-state index is 0.333. The Hall–Kier alpha value is -3.06. The first-order chi connectivity index (χ1) is 13.1. The smallest absolute Gasteiger partial charge is 0.336 e. The van der Waals surface area contributed by atoms with Crippen LogP contribution in [0.2, 0.25) is 0 Å². The molecule has 0 unspecified atom stereocenters. The van der Waals surface area contributed by atoms with Crippen LogP contribution in [-0.2, 0) is 12.8 Å². The van der Waals surface area contributed by atoms with Gasteiger partial charge in [0.2, 0.25) is 5.78 Å². The fraction of sp³-hybridized carbons (Fsp3) is 0.150. The van der Waals surface area contributed by atoms with Crippen molar-refractivity contribution >= 4 is 39.5 Å². The van der Waals surface area contributed by atoms with E-state index in [1.54, 1.807) is 17.8 Å². The van der Waals surface area contributed by atoms with Crippen LogP contribution in [0.1, 0.15) is 11.1 Å². The average molecular weight is 376 g/mol. The Balaban J connectivity index is 1.59. The van der Waals surface area contributed by atoms with E-state index in [-0.39, 0.29) is 5.63 Å². The lowest BCUT2D eigenvalue weighted by molar-refractivity contribution is 0.559. The second-order valence-corrected chi connectivity index (χ2v) is 7.49. The van der Waals surface area contributed by atoms with Crippen molar-refractivity contribution in [3.05, 3.63) is 70.1 Å². The van der Waals surface area contributed by atoms with E-state index in [9.17, 15) is 4.79 Å². The molecule has 5 rings (SSSR count). The zero-order chi connectivity index (χ0) is 18.5. The Morgan fingerprint density at radius 2 is 1.89 bits per heavy atom. The number of fused-ring (bicyclic) bond motifs is 4. The molecule has 0 N–H and O–H groups in total. The summed E-state index contributed by atoms with van der Waals surface area (Å²) in [5.41, 5.74) is 4.45. The van der Waals surface area contributed by atoms with Gasteiger partial charge < -0.3 is 8.98 Å². The standard InChI is InChI=1S/C20H16N4O2S/c1-12-7-8-14-13(10-18(25)26-17(14)9-12)11-27-20-22-21-19-23(2)15-5-3-4-6-16(15)24(19)20/h3-10H,11H2,1-2H3. The molecule has 3 heterocycles. The highest BCUT2D eigenvalue weighted by atomic mass is 32.2. The highest BCUT2D eigenvalue weighted by Gasteiger charge is 2.15. The SMILES string of the molecule is Cc1ccc2c(CSc3nnc4n(C)c5ccccc5n34)cc(=O)oc2c1. The van der Waals surface area contributed by atoms with Gasteiger partial charge in [0.05, 0.1) is 11.0 Å². The van der Waals surface area contributed by atoms with Crippen molar-refractivity contribution in [3.8, 4) is 0 Å². The Kier molecular flexibility index (Phi) is 3.58. The molecule has 0 fully saturated rings. The third-order valence-electron chi connectivity index (χ3n) is 4.74. The molecule has 0 aliphatic rings. The predicted molar refractivity (Wildman–Crippen MR) is 106 cm³/mol. The van der Waals surface area contributed by atoms with Gasteiger partial charge in [-0.3, -0.25) is 4.40 Å².